The number of carbonyl (C=O) groups excluding carboxylic acids is 1. The SMILES string of the molecule is CC(=O)C(C)(C)c1cc2c(cc1C)C(C)(C)C(C)C2. The van der Waals surface area contributed by atoms with E-state index in [9.17, 15) is 4.79 Å². The summed E-state index contributed by atoms with van der Waals surface area (Å²) >= 11 is 0. The lowest BCUT2D eigenvalue weighted by Crippen LogP contribution is -2.28. The van der Waals surface area contributed by atoms with Gasteiger partial charge in [0.15, 0.2) is 0 Å². The van der Waals surface area contributed by atoms with Gasteiger partial charge in [0.25, 0.3) is 0 Å². The summed E-state index contributed by atoms with van der Waals surface area (Å²) in [6.45, 7) is 14.9. The van der Waals surface area contributed by atoms with Crippen LogP contribution in [0.15, 0.2) is 12.1 Å². The van der Waals surface area contributed by atoms with Crippen LogP contribution in [0, 0.1) is 12.8 Å². The molecular weight excluding hydrogens is 232 g/mol. The normalized spacial score (nSPS) is 21.3. The Kier molecular flexibility index (Phi) is 3.16. The van der Waals surface area contributed by atoms with Crippen molar-refractivity contribution in [3.05, 3.63) is 34.4 Å². The van der Waals surface area contributed by atoms with Crippen LogP contribution in [0.4, 0.5) is 0 Å². The standard InChI is InChI=1S/C18H26O/c1-11-8-16-14(9-12(2)17(16,4)5)10-15(11)18(6,7)13(3)19/h8,10,12H,9H2,1-7H3. The highest BCUT2D eigenvalue weighted by atomic mass is 16.1. The van der Waals surface area contributed by atoms with Gasteiger partial charge >= 0.3 is 0 Å². The highest BCUT2D eigenvalue weighted by Crippen LogP contribution is 2.44. The third kappa shape index (κ3) is 2.04. The molecule has 0 saturated heterocycles. The molecule has 0 radical (unpaired) electrons. The van der Waals surface area contributed by atoms with Crippen molar-refractivity contribution in [3.8, 4) is 0 Å². The molecule has 1 heteroatoms. The Labute approximate surface area is 117 Å². The summed E-state index contributed by atoms with van der Waals surface area (Å²) < 4.78 is 0. The van der Waals surface area contributed by atoms with Crippen LogP contribution in [0.2, 0.25) is 0 Å². The molecule has 0 amide bonds. The zero-order valence-corrected chi connectivity index (χ0v) is 13.3. The lowest BCUT2D eigenvalue weighted by molar-refractivity contribution is -0.121. The predicted octanol–water partition coefficient (Wildman–Crippen LogP) is 4.33. The molecular formula is C18H26O. The third-order valence-corrected chi connectivity index (χ3v) is 5.46. The fraction of sp³-hybridized carbons (Fsp3) is 0.611. The van der Waals surface area contributed by atoms with E-state index in [4.69, 9.17) is 0 Å². The van der Waals surface area contributed by atoms with Gasteiger partial charge in [-0.2, -0.15) is 0 Å². The Morgan fingerprint density at radius 1 is 1.32 bits per heavy atom. The summed E-state index contributed by atoms with van der Waals surface area (Å²) in [6.07, 6.45) is 1.13. The quantitative estimate of drug-likeness (QED) is 0.771. The summed E-state index contributed by atoms with van der Waals surface area (Å²) in [5.74, 6) is 0.901. The van der Waals surface area contributed by atoms with Crippen molar-refractivity contribution in [1.29, 1.82) is 0 Å². The number of hydrogen-bond donors (Lipinski definition) is 0. The average molecular weight is 258 g/mol. The van der Waals surface area contributed by atoms with E-state index < -0.39 is 0 Å². The van der Waals surface area contributed by atoms with Crippen molar-refractivity contribution in [1.82, 2.24) is 0 Å². The molecule has 1 unspecified atom stereocenters. The molecule has 1 aromatic carbocycles. The second-order valence-corrected chi connectivity index (χ2v) is 7.33. The molecule has 2 rings (SSSR count). The van der Waals surface area contributed by atoms with Crippen LogP contribution in [0.5, 0.6) is 0 Å². The minimum absolute atomic E-state index is 0.237. The summed E-state index contributed by atoms with van der Waals surface area (Å²) in [5.41, 5.74) is 5.23. The highest BCUT2D eigenvalue weighted by Gasteiger charge is 2.38. The molecule has 0 fully saturated rings. The Morgan fingerprint density at radius 3 is 2.42 bits per heavy atom. The first kappa shape index (κ1) is 14.3. The number of benzene rings is 1. The van der Waals surface area contributed by atoms with Gasteiger partial charge in [0.05, 0.1) is 0 Å². The van der Waals surface area contributed by atoms with Crippen LogP contribution < -0.4 is 0 Å². The lowest BCUT2D eigenvalue weighted by Gasteiger charge is -2.28. The molecule has 0 heterocycles. The van der Waals surface area contributed by atoms with Crippen molar-refractivity contribution in [3.63, 3.8) is 0 Å². The molecule has 0 aromatic heterocycles. The molecule has 0 N–H and O–H groups in total. The lowest BCUT2D eigenvalue weighted by atomic mass is 9.75. The largest absolute Gasteiger partial charge is 0.299 e. The number of fused-ring (bicyclic) bond motifs is 1. The van der Waals surface area contributed by atoms with Crippen molar-refractivity contribution in [2.45, 2.75) is 65.7 Å². The molecule has 104 valence electrons. The van der Waals surface area contributed by atoms with Crippen LogP contribution in [-0.4, -0.2) is 5.78 Å². The Balaban J connectivity index is 2.61. The van der Waals surface area contributed by atoms with Gasteiger partial charge < -0.3 is 0 Å². The van der Waals surface area contributed by atoms with E-state index in [1.807, 2.05) is 13.8 Å². The number of Topliss-reactive ketones (excluding diaryl/α,β-unsaturated/α-hetero) is 1. The second kappa shape index (κ2) is 4.19. The van der Waals surface area contributed by atoms with E-state index in [2.05, 4.69) is 39.8 Å². The summed E-state index contributed by atoms with van der Waals surface area (Å²) in [4.78, 5) is 11.9. The Bertz CT molecular complexity index is 535. The second-order valence-electron chi connectivity index (χ2n) is 7.33. The van der Waals surface area contributed by atoms with Gasteiger partial charge in [-0.15, -0.1) is 0 Å². The molecule has 1 aromatic rings. The fourth-order valence-corrected chi connectivity index (χ4v) is 3.23. The number of aryl methyl sites for hydroxylation is 1. The average Bonchev–Trinajstić information content (AvgIpc) is 2.50. The van der Waals surface area contributed by atoms with Gasteiger partial charge in [0.1, 0.15) is 5.78 Å². The van der Waals surface area contributed by atoms with Gasteiger partial charge in [0.2, 0.25) is 0 Å². The van der Waals surface area contributed by atoms with Crippen LogP contribution >= 0.6 is 0 Å². The van der Waals surface area contributed by atoms with E-state index >= 15 is 0 Å². The van der Waals surface area contributed by atoms with E-state index in [0.717, 1.165) is 6.42 Å². The van der Waals surface area contributed by atoms with Gasteiger partial charge in [-0.05, 0) is 67.7 Å². The highest BCUT2D eigenvalue weighted by molar-refractivity contribution is 5.87. The number of ketones is 1. The Morgan fingerprint density at radius 2 is 1.89 bits per heavy atom. The maximum Gasteiger partial charge on any atom is 0.139 e. The molecule has 1 nitrogen and oxygen atoms in total. The van der Waals surface area contributed by atoms with Crippen molar-refractivity contribution in [2.75, 3.05) is 0 Å². The van der Waals surface area contributed by atoms with Crippen LogP contribution in [-0.2, 0) is 22.0 Å². The van der Waals surface area contributed by atoms with E-state index in [-0.39, 0.29) is 16.6 Å². The molecule has 1 aliphatic rings. The summed E-state index contributed by atoms with van der Waals surface area (Å²) in [5, 5.41) is 0. The predicted molar refractivity (Wildman–Crippen MR) is 80.8 cm³/mol. The molecule has 1 aliphatic carbocycles. The first-order valence-electron chi connectivity index (χ1n) is 7.24. The molecule has 0 bridgehead atoms. The minimum atomic E-state index is -0.380. The van der Waals surface area contributed by atoms with Crippen molar-refractivity contribution >= 4 is 5.78 Å². The molecule has 19 heavy (non-hydrogen) atoms. The summed E-state index contributed by atoms with van der Waals surface area (Å²) in [6, 6.07) is 4.61. The van der Waals surface area contributed by atoms with Crippen LogP contribution in [0.3, 0.4) is 0 Å². The monoisotopic (exact) mass is 258 g/mol. The maximum atomic E-state index is 11.9. The van der Waals surface area contributed by atoms with Gasteiger partial charge in [0, 0.05) is 5.41 Å². The number of rotatable bonds is 2. The van der Waals surface area contributed by atoms with E-state index in [1.165, 1.54) is 22.3 Å². The topological polar surface area (TPSA) is 17.1 Å². The smallest absolute Gasteiger partial charge is 0.139 e. The van der Waals surface area contributed by atoms with Crippen LogP contribution in [0.25, 0.3) is 0 Å². The first-order chi connectivity index (χ1) is 8.58. The first-order valence-corrected chi connectivity index (χ1v) is 7.24. The molecule has 0 spiro atoms. The molecule has 0 aliphatic heterocycles. The number of carbonyl (C=O) groups is 1. The number of hydrogen-bond acceptors (Lipinski definition) is 1. The minimum Gasteiger partial charge on any atom is -0.299 e. The van der Waals surface area contributed by atoms with Crippen molar-refractivity contribution < 1.29 is 4.79 Å². The zero-order chi connectivity index (χ0) is 14.6. The maximum absolute atomic E-state index is 11.9. The molecule has 0 saturated carbocycles. The third-order valence-electron chi connectivity index (χ3n) is 5.46. The Hall–Kier alpha value is -1.11. The van der Waals surface area contributed by atoms with Gasteiger partial charge in [-0.1, -0.05) is 32.9 Å². The van der Waals surface area contributed by atoms with Gasteiger partial charge in [-0.25, -0.2) is 0 Å². The zero-order valence-electron chi connectivity index (χ0n) is 13.3. The fourth-order valence-electron chi connectivity index (χ4n) is 3.23. The van der Waals surface area contributed by atoms with Crippen molar-refractivity contribution in [2.24, 2.45) is 5.92 Å². The van der Waals surface area contributed by atoms with Gasteiger partial charge in [-0.3, -0.25) is 4.79 Å². The molecule has 1 atom stereocenters. The van der Waals surface area contributed by atoms with E-state index in [1.54, 1.807) is 6.92 Å². The summed E-state index contributed by atoms with van der Waals surface area (Å²) in [7, 11) is 0. The van der Waals surface area contributed by atoms with Crippen LogP contribution in [0.1, 0.15) is 63.8 Å². The van der Waals surface area contributed by atoms with E-state index in [0.29, 0.717) is 5.92 Å².